The molecule has 4 nitrogen and oxygen atoms in total. The van der Waals surface area contributed by atoms with Crippen LogP contribution >= 0.6 is 15.9 Å². The molecule has 94 valence electrons. The van der Waals surface area contributed by atoms with Crippen molar-refractivity contribution >= 4 is 15.9 Å². The first kappa shape index (κ1) is 13.1. The van der Waals surface area contributed by atoms with E-state index in [-0.39, 0.29) is 0 Å². The first-order chi connectivity index (χ1) is 8.65. The van der Waals surface area contributed by atoms with Gasteiger partial charge >= 0.3 is 0 Å². The van der Waals surface area contributed by atoms with Gasteiger partial charge in [-0.05, 0) is 34.1 Å². The molecule has 5 heteroatoms. The molecular weight excluding hydrogens is 292 g/mol. The molecule has 0 fully saturated rings. The van der Waals surface area contributed by atoms with E-state index >= 15 is 0 Å². The number of halogens is 1. The van der Waals surface area contributed by atoms with Gasteiger partial charge in [0.15, 0.2) is 5.82 Å². The summed E-state index contributed by atoms with van der Waals surface area (Å²) in [4.78, 5) is 13.0. The Labute approximate surface area is 115 Å². The van der Waals surface area contributed by atoms with Crippen LogP contribution in [0.1, 0.15) is 19.5 Å². The third kappa shape index (κ3) is 3.58. The average Bonchev–Trinajstić information content (AvgIpc) is 2.37. The number of rotatable bonds is 4. The Morgan fingerprint density at radius 1 is 1.22 bits per heavy atom. The topological polar surface area (TPSA) is 50.7 Å². The third-order valence-corrected chi connectivity index (χ3v) is 2.83. The van der Waals surface area contributed by atoms with Crippen LogP contribution in [0.4, 0.5) is 0 Å². The highest BCUT2D eigenvalue weighted by atomic mass is 79.9. The van der Waals surface area contributed by atoms with E-state index in [9.17, 15) is 0 Å². The normalized spacial score (nSPS) is 10.9. The Kier molecular flexibility index (Phi) is 4.38. The van der Waals surface area contributed by atoms with E-state index in [1.807, 2.05) is 18.2 Å². The number of pyridine rings is 1. The predicted molar refractivity (Wildman–Crippen MR) is 74.9 cm³/mol. The van der Waals surface area contributed by atoms with Crippen LogP contribution in [0.5, 0.6) is 0 Å². The van der Waals surface area contributed by atoms with Crippen LogP contribution in [0.15, 0.2) is 35.1 Å². The van der Waals surface area contributed by atoms with E-state index in [1.165, 1.54) is 0 Å². The molecule has 0 bridgehead atoms. The summed E-state index contributed by atoms with van der Waals surface area (Å²) in [5.41, 5.74) is 1.75. The van der Waals surface area contributed by atoms with Crippen LogP contribution in [0.3, 0.4) is 0 Å². The van der Waals surface area contributed by atoms with Gasteiger partial charge in [0.1, 0.15) is 5.69 Å². The molecule has 2 heterocycles. The van der Waals surface area contributed by atoms with E-state index in [0.29, 0.717) is 11.9 Å². The molecule has 0 unspecified atom stereocenters. The van der Waals surface area contributed by atoms with Gasteiger partial charge in [-0.15, -0.1) is 0 Å². The molecule has 0 aromatic carbocycles. The lowest BCUT2D eigenvalue weighted by Crippen LogP contribution is -2.22. The number of hydrogen-bond acceptors (Lipinski definition) is 4. The van der Waals surface area contributed by atoms with Crippen molar-refractivity contribution in [1.82, 2.24) is 20.3 Å². The van der Waals surface area contributed by atoms with Gasteiger partial charge in [-0.25, -0.2) is 9.97 Å². The molecule has 0 atom stereocenters. The monoisotopic (exact) mass is 306 g/mol. The van der Waals surface area contributed by atoms with Crippen molar-refractivity contribution < 1.29 is 0 Å². The molecular formula is C13H15BrN4. The summed E-state index contributed by atoms with van der Waals surface area (Å²) in [5, 5.41) is 3.33. The lowest BCUT2D eigenvalue weighted by atomic mass is 10.3. The van der Waals surface area contributed by atoms with Crippen molar-refractivity contribution in [2.45, 2.75) is 26.4 Å². The Hall–Kier alpha value is -1.33. The van der Waals surface area contributed by atoms with Crippen LogP contribution in [-0.4, -0.2) is 21.0 Å². The van der Waals surface area contributed by atoms with Crippen molar-refractivity contribution in [3.63, 3.8) is 0 Å². The molecule has 0 saturated carbocycles. The summed E-state index contributed by atoms with van der Waals surface area (Å²) in [7, 11) is 0. The van der Waals surface area contributed by atoms with Crippen LogP contribution in [0.25, 0.3) is 11.5 Å². The fraction of sp³-hybridized carbons (Fsp3) is 0.308. The number of nitrogens with one attached hydrogen (secondary N) is 1. The lowest BCUT2D eigenvalue weighted by molar-refractivity contribution is 0.581. The summed E-state index contributed by atoms with van der Waals surface area (Å²) < 4.78 is 0.948. The third-order valence-electron chi connectivity index (χ3n) is 2.36. The molecule has 0 spiro atoms. The van der Waals surface area contributed by atoms with Crippen molar-refractivity contribution in [3.05, 3.63) is 40.8 Å². The highest BCUT2D eigenvalue weighted by molar-refractivity contribution is 9.10. The Balaban J connectivity index is 2.18. The molecule has 2 aromatic rings. The highest BCUT2D eigenvalue weighted by Crippen LogP contribution is 2.15. The quantitative estimate of drug-likeness (QED) is 0.943. The van der Waals surface area contributed by atoms with E-state index < -0.39 is 0 Å². The second-order valence-electron chi connectivity index (χ2n) is 4.27. The molecule has 1 N–H and O–H groups in total. The number of aromatic nitrogens is 3. The molecule has 18 heavy (non-hydrogen) atoms. The maximum absolute atomic E-state index is 4.49. The first-order valence-electron chi connectivity index (χ1n) is 5.82. The minimum Gasteiger partial charge on any atom is -0.309 e. The number of nitrogens with zero attached hydrogens (tertiary/aromatic N) is 3. The number of hydrogen-bond donors (Lipinski definition) is 1. The second kappa shape index (κ2) is 6.02. The van der Waals surface area contributed by atoms with Gasteiger partial charge in [-0.3, -0.25) is 4.98 Å². The zero-order valence-corrected chi connectivity index (χ0v) is 12.0. The minimum atomic E-state index is 0.439. The van der Waals surface area contributed by atoms with Gasteiger partial charge in [0.05, 0.1) is 5.69 Å². The fourth-order valence-corrected chi connectivity index (χ4v) is 1.67. The maximum Gasteiger partial charge on any atom is 0.178 e. The maximum atomic E-state index is 4.49. The van der Waals surface area contributed by atoms with Crippen LogP contribution < -0.4 is 5.32 Å². The van der Waals surface area contributed by atoms with Crippen LogP contribution in [-0.2, 0) is 6.54 Å². The molecule has 2 rings (SSSR count). The molecule has 0 aliphatic carbocycles. The predicted octanol–water partition coefficient (Wildman–Crippen LogP) is 2.80. The summed E-state index contributed by atoms with van der Waals surface area (Å²) in [6.45, 7) is 4.96. The summed E-state index contributed by atoms with van der Waals surface area (Å²) in [5.74, 6) is 0.658. The zero-order chi connectivity index (χ0) is 13.0. The molecule has 0 aliphatic rings. The molecule has 0 amide bonds. The largest absolute Gasteiger partial charge is 0.309 e. The highest BCUT2D eigenvalue weighted by Gasteiger charge is 2.04. The van der Waals surface area contributed by atoms with E-state index in [0.717, 1.165) is 22.4 Å². The molecule has 0 saturated heterocycles. The van der Waals surface area contributed by atoms with Gasteiger partial charge in [-0.2, -0.15) is 0 Å². The summed E-state index contributed by atoms with van der Waals surface area (Å²) in [6.07, 6.45) is 3.52. The van der Waals surface area contributed by atoms with Crippen molar-refractivity contribution in [1.29, 1.82) is 0 Å². The smallest absolute Gasteiger partial charge is 0.178 e. The van der Waals surface area contributed by atoms with E-state index in [1.54, 1.807) is 12.4 Å². The Bertz CT molecular complexity index is 511. The fourth-order valence-electron chi connectivity index (χ4n) is 1.43. The molecule has 0 aliphatic heterocycles. The molecule has 2 aromatic heterocycles. The average molecular weight is 307 g/mol. The van der Waals surface area contributed by atoms with Gasteiger partial charge in [0, 0.05) is 29.5 Å². The van der Waals surface area contributed by atoms with Gasteiger partial charge in [0.25, 0.3) is 0 Å². The summed E-state index contributed by atoms with van der Waals surface area (Å²) in [6, 6.07) is 6.19. The van der Waals surface area contributed by atoms with Crippen LogP contribution in [0.2, 0.25) is 0 Å². The van der Waals surface area contributed by atoms with Crippen LogP contribution in [0, 0.1) is 0 Å². The van der Waals surface area contributed by atoms with E-state index in [2.05, 4.69) is 50.0 Å². The lowest BCUT2D eigenvalue weighted by Gasteiger charge is -2.08. The van der Waals surface area contributed by atoms with Crippen molar-refractivity contribution in [2.24, 2.45) is 0 Å². The van der Waals surface area contributed by atoms with Crippen molar-refractivity contribution in [3.8, 4) is 11.5 Å². The summed E-state index contributed by atoms with van der Waals surface area (Å²) >= 11 is 3.36. The second-order valence-corrected chi connectivity index (χ2v) is 5.18. The van der Waals surface area contributed by atoms with Crippen molar-refractivity contribution in [2.75, 3.05) is 0 Å². The Morgan fingerprint density at radius 3 is 2.72 bits per heavy atom. The minimum absolute atomic E-state index is 0.439. The zero-order valence-electron chi connectivity index (χ0n) is 10.4. The SMILES string of the molecule is CC(C)NCc1ccnc(-c2ccc(Br)cn2)n1. The van der Waals surface area contributed by atoms with Gasteiger partial charge < -0.3 is 5.32 Å². The molecule has 0 radical (unpaired) electrons. The Morgan fingerprint density at radius 2 is 2.06 bits per heavy atom. The van der Waals surface area contributed by atoms with Gasteiger partial charge in [-0.1, -0.05) is 13.8 Å². The standard InChI is InChI=1S/C13H15BrN4/c1-9(2)16-8-11-5-6-15-13(18-11)12-4-3-10(14)7-17-12/h3-7,9,16H,8H2,1-2H3. The van der Waals surface area contributed by atoms with Gasteiger partial charge in [0.2, 0.25) is 0 Å². The first-order valence-corrected chi connectivity index (χ1v) is 6.61. The van der Waals surface area contributed by atoms with E-state index in [4.69, 9.17) is 0 Å².